The van der Waals surface area contributed by atoms with E-state index < -0.39 is 66.2 Å². The Bertz CT molecular complexity index is 745. The van der Waals surface area contributed by atoms with Crippen molar-refractivity contribution in [3.8, 4) is 0 Å². The minimum atomic E-state index is -1.65. The molecule has 0 radical (unpaired) electrons. The van der Waals surface area contributed by atoms with E-state index in [1.54, 1.807) is 13.8 Å². The minimum absolute atomic E-state index is 0.150. The Hall–Kier alpha value is -3.26. The number of carboxylic acid groups (broad SMARTS) is 2. The largest absolute Gasteiger partial charge is 0.481 e. The van der Waals surface area contributed by atoms with Crippen molar-refractivity contribution < 1.29 is 39.0 Å². The summed E-state index contributed by atoms with van der Waals surface area (Å²) in [5, 5.41) is 25.3. The number of carbonyl (C=O) groups excluding carboxylic acids is 4. The second-order valence-corrected chi connectivity index (χ2v) is 8.18. The molecule has 0 saturated carbocycles. The maximum atomic E-state index is 12.8. The Balaban J connectivity index is 5.53. The highest BCUT2D eigenvalue weighted by molar-refractivity contribution is 5.95. The third kappa shape index (κ3) is 12.1. The SMILES string of the molecule is CC(C)C(N)C(=O)NC(CCCCN)C(=O)NC(CC(=O)O)C(=O)NC(CCC(N)=O)C(=O)O. The Kier molecular flexibility index (Phi) is 14.1. The topological polar surface area (TPSA) is 257 Å². The third-order valence-electron chi connectivity index (χ3n) is 4.91. The summed E-state index contributed by atoms with van der Waals surface area (Å²) in [4.78, 5) is 71.3. The molecule has 0 aromatic carbocycles. The zero-order chi connectivity index (χ0) is 26.4. The Morgan fingerprint density at radius 1 is 0.794 bits per heavy atom. The molecule has 14 nitrogen and oxygen atoms in total. The molecule has 4 atom stereocenters. The van der Waals surface area contributed by atoms with Gasteiger partial charge in [-0.05, 0) is 38.1 Å². The number of unbranched alkanes of at least 4 members (excludes halogenated alkanes) is 1. The number of hydrogen-bond donors (Lipinski definition) is 8. The molecule has 0 aliphatic rings. The van der Waals surface area contributed by atoms with Crippen LogP contribution < -0.4 is 33.2 Å². The predicted molar refractivity (Wildman–Crippen MR) is 120 cm³/mol. The normalized spacial score (nSPS) is 14.4. The smallest absolute Gasteiger partial charge is 0.326 e. The number of nitrogens with two attached hydrogens (primary N) is 3. The molecule has 11 N–H and O–H groups in total. The molecule has 0 aromatic heterocycles. The maximum Gasteiger partial charge on any atom is 0.326 e. The Morgan fingerprint density at radius 3 is 1.79 bits per heavy atom. The summed E-state index contributed by atoms with van der Waals surface area (Å²) in [6.45, 7) is 3.79. The number of carboxylic acids is 2. The average molecular weight is 489 g/mol. The standard InChI is InChI=1S/C20H36N6O8/c1-10(2)16(23)19(32)24-11(5-3-4-8-21)17(30)26-13(9-15(28)29)18(31)25-12(20(33)34)6-7-14(22)27/h10-13,16H,3-9,21,23H2,1-2H3,(H2,22,27)(H,24,32)(H,25,31)(H,26,30)(H,28,29)(H,33,34). The van der Waals surface area contributed by atoms with Crippen LogP contribution in [0.5, 0.6) is 0 Å². The van der Waals surface area contributed by atoms with Gasteiger partial charge < -0.3 is 43.4 Å². The molecule has 14 heteroatoms. The fourth-order valence-corrected chi connectivity index (χ4v) is 2.80. The van der Waals surface area contributed by atoms with E-state index in [9.17, 15) is 33.9 Å². The van der Waals surface area contributed by atoms with Gasteiger partial charge in [0.2, 0.25) is 23.6 Å². The lowest BCUT2D eigenvalue weighted by Crippen LogP contribution is -2.58. The number of nitrogens with one attached hydrogen (secondary N) is 3. The highest BCUT2D eigenvalue weighted by Crippen LogP contribution is 2.06. The van der Waals surface area contributed by atoms with Crippen molar-refractivity contribution in [2.24, 2.45) is 23.1 Å². The first-order chi connectivity index (χ1) is 15.8. The van der Waals surface area contributed by atoms with Crippen LogP contribution in [-0.2, 0) is 28.8 Å². The van der Waals surface area contributed by atoms with Crippen molar-refractivity contribution in [1.29, 1.82) is 0 Å². The predicted octanol–water partition coefficient (Wildman–Crippen LogP) is -2.62. The molecular weight excluding hydrogens is 452 g/mol. The van der Waals surface area contributed by atoms with Crippen LogP contribution in [0.2, 0.25) is 0 Å². The van der Waals surface area contributed by atoms with Gasteiger partial charge in [0, 0.05) is 6.42 Å². The van der Waals surface area contributed by atoms with Gasteiger partial charge in [-0.15, -0.1) is 0 Å². The summed E-state index contributed by atoms with van der Waals surface area (Å²) < 4.78 is 0. The lowest BCUT2D eigenvalue weighted by molar-refractivity contribution is -0.144. The molecule has 0 aliphatic heterocycles. The van der Waals surface area contributed by atoms with Crippen molar-refractivity contribution in [2.45, 2.75) is 76.5 Å². The van der Waals surface area contributed by atoms with E-state index in [1.807, 2.05) is 0 Å². The zero-order valence-corrected chi connectivity index (χ0v) is 19.4. The third-order valence-corrected chi connectivity index (χ3v) is 4.91. The van der Waals surface area contributed by atoms with Gasteiger partial charge in [0.15, 0.2) is 0 Å². The van der Waals surface area contributed by atoms with Crippen molar-refractivity contribution >= 4 is 35.6 Å². The molecule has 0 heterocycles. The molecule has 4 amide bonds. The summed E-state index contributed by atoms with van der Waals surface area (Å²) >= 11 is 0. The first kappa shape index (κ1) is 30.7. The molecule has 34 heavy (non-hydrogen) atoms. The van der Waals surface area contributed by atoms with E-state index >= 15 is 0 Å². The minimum Gasteiger partial charge on any atom is -0.481 e. The molecule has 0 spiro atoms. The van der Waals surface area contributed by atoms with Gasteiger partial charge in [0.1, 0.15) is 18.1 Å². The molecule has 0 aliphatic carbocycles. The highest BCUT2D eigenvalue weighted by atomic mass is 16.4. The van der Waals surface area contributed by atoms with E-state index in [4.69, 9.17) is 22.3 Å². The lowest BCUT2D eigenvalue weighted by atomic mass is 10.0. The maximum absolute atomic E-state index is 12.8. The van der Waals surface area contributed by atoms with Crippen LogP contribution in [0, 0.1) is 5.92 Å². The van der Waals surface area contributed by atoms with Crippen molar-refractivity contribution in [2.75, 3.05) is 6.54 Å². The summed E-state index contributed by atoms with van der Waals surface area (Å²) in [6, 6.07) is -5.20. The van der Waals surface area contributed by atoms with Crippen LogP contribution in [0.25, 0.3) is 0 Å². The monoisotopic (exact) mass is 488 g/mol. The number of hydrogen-bond acceptors (Lipinski definition) is 8. The van der Waals surface area contributed by atoms with Gasteiger partial charge in [-0.1, -0.05) is 13.8 Å². The molecular formula is C20H36N6O8. The van der Waals surface area contributed by atoms with Gasteiger partial charge in [-0.3, -0.25) is 24.0 Å². The van der Waals surface area contributed by atoms with Crippen LogP contribution >= 0.6 is 0 Å². The number of amides is 4. The fraction of sp³-hybridized carbons (Fsp3) is 0.700. The van der Waals surface area contributed by atoms with Gasteiger partial charge in [-0.25, -0.2) is 4.79 Å². The quantitative estimate of drug-likeness (QED) is 0.0988. The molecule has 194 valence electrons. The molecule has 4 unspecified atom stereocenters. The molecule has 0 rings (SSSR count). The van der Waals surface area contributed by atoms with Crippen LogP contribution in [0.3, 0.4) is 0 Å². The molecule has 0 saturated heterocycles. The van der Waals surface area contributed by atoms with E-state index in [2.05, 4.69) is 16.0 Å². The number of rotatable bonds is 17. The number of carbonyl (C=O) groups is 6. The van der Waals surface area contributed by atoms with E-state index in [0.29, 0.717) is 19.4 Å². The fourth-order valence-electron chi connectivity index (χ4n) is 2.80. The van der Waals surface area contributed by atoms with Crippen molar-refractivity contribution in [3.05, 3.63) is 0 Å². The van der Waals surface area contributed by atoms with Crippen LogP contribution in [0.4, 0.5) is 0 Å². The van der Waals surface area contributed by atoms with Crippen LogP contribution in [0.1, 0.15) is 52.4 Å². The second-order valence-electron chi connectivity index (χ2n) is 8.18. The van der Waals surface area contributed by atoms with Crippen molar-refractivity contribution in [1.82, 2.24) is 16.0 Å². The van der Waals surface area contributed by atoms with Crippen molar-refractivity contribution in [3.63, 3.8) is 0 Å². The number of primary amides is 1. The van der Waals surface area contributed by atoms with Crippen LogP contribution in [-0.4, -0.2) is 76.5 Å². The average Bonchev–Trinajstić information content (AvgIpc) is 2.73. The second kappa shape index (κ2) is 15.6. The zero-order valence-electron chi connectivity index (χ0n) is 19.4. The van der Waals surface area contributed by atoms with Crippen LogP contribution in [0.15, 0.2) is 0 Å². The summed E-state index contributed by atoms with van der Waals surface area (Å²) in [6.07, 6.45) is -0.357. The summed E-state index contributed by atoms with van der Waals surface area (Å²) in [7, 11) is 0. The Morgan fingerprint density at radius 2 is 1.32 bits per heavy atom. The summed E-state index contributed by atoms with van der Waals surface area (Å²) in [5.74, 6) is -6.43. The Labute approximate surface area is 197 Å². The first-order valence-electron chi connectivity index (χ1n) is 10.9. The van der Waals surface area contributed by atoms with Gasteiger partial charge in [0.25, 0.3) is 0 Å². The highest BCUT2D eigenvalue weighted by Gasteiger charge is 2.31. The number of aliphatic carboxylic acids is 2. The van der Waals surface area contributed by atoms with Gasteiger partial charge >= 0.3 is 11.9 Å². The summed E-state index contributed by atoms with van der Waals surface area (Å²) in [5.41, 5.74) is 16.3. The van der Waals surface area contributed by atoms with E-state index in [-0.39, 0.29) is 25.2 Å². The first-order valence-corrected chi connectivity index (χ1v) is 10.9. The van der Waals surface area contributed by atoms with Gasteiger partial charge in [-0.2, -0.15) is 0 Å². The van der Waals surface area contributed by atoms with E-state index in [0.717, 1.165) is 0 Å². The van der Waals surface area contributed by atoms with E-state index in [1.165, 1.54) is 0 Å². The lowest BCUT2D eigenvalue weighted by Gasteiger charge is -2.25. The molecule has 0 aromatic rings. The molecule has 0 fully saturated rings. The molecule has 0 bridgehead atoms. The van der Waals surface area contributed by atoms with Gasteiger partial charge in [0.05, 0.1) is 12.5 Å².